The molecule has 3 aromatic carbocycles. The van der Waals surface area contributed by atoms with Crippen LogP contribution >= 0.6 is 11.6 Å². The van der Waals surface area contributed by atoms with E-state index >= 15 is 0 Å². The molecule has 226 valence electrons. The molecule has 0 fully saturated rings. The second kappa shape index (κ2) is 14.5. The topological polar surface area (TPSA) is 128 Å². The minimum absolute atomic E-state index is 0.0343. The SMILES string of the molecule is CN(CCc1ccc(C2=NCCN2)cc1)C(=O)CCNCS(=O)(=O)c1cccc2c(Cl)cccc12.O=C(O)C(F)(F)F. The van der Waals surface area contributed by atoms with Gasteiger partial charge in [-0.25, -0.2) is 13.2 Å². The summed E-state index contributed by atoms with van der Waals surface area (Å²) in [4.78, 5) is 27.7. The van der Waals surface area contributed by atoms with Crippen molar-refractivity contribution in [2.75, 3.05) is 39.1 Å². The van der Waals surface area contributed by atoms with Crippen LogP contribution in [-0.4, -0.2) is 81.4 Å². The van der Waals surface area contributed by atoms with Crippen LogP contribution in [0.3, 0.4) is 0 Å². The molecule has 1 aliphatic rings. The number of alkyl halides is 3. The van der Waals surface area contributed by atoms with Crippen LogP contribution in [0.5, 0.6) is 0 Å². The van der Waals surface area contributed by atoms with E-state index < -0.39 is 22.0 Å². The van der Waals surface area contributed by atoms with Crippen LogP contribution in [0.4, 0.5) is 13.2 Å². The van der Waals surface area contributed by atoms with Crippen LogP contribution in [0.15, 0.2) is 70.6 Å². The average Bonchev–Trinajstić information content (AvgIpc) is 3.49. The largest absolute Gasteiger partial charge is 0.490 e. The smallest absolute Gasteiger partial charge is 0.475 e. The summed E-state index contributed by atoms with van der Waals surface area (Å²) in [5.41, 5.74) is 2.22. The van der Waals surface area contributed by atoms with Gasteiger partial charge in [-0.3, -0.25) is 9.79 Å². The van der Waals surface area contributed by atoms with Crippen LogP contribution in [0, 0.1) is 0 Å². The molecule has 9 nitrogen and oxygen atoms in total. The molecule has 0 bridgehead atoms. The molecule has 0 atom stereocenters. The fourth-order valence-corrected chi connectivity index (χ4v) is 5.63. The van der Waals surface area contributed by atoms with Gasteiger partial charge in [0.2, 0.25) is 5.91 Å². The molecule has 3 N–H and O–H groups in total. The van der Waals surface area contributed by atoms with Gasteiger partial charge in [0, 0.05) is 54.5 Å². The van der Waals surface area contributed by atoms with Gasteiger partial charge in [-0.2, -0.15) is 13.2 Å². The molecule has 14 heteroatoms. The summed E-state index contributed by atoms with van der Waals surface area (Å²) in [5, 5.41) is 15.1. The Labute approximate surface area is 246 Å². The third kappa shape index (κ3) is 9.16. The molecule has 0 aromatic heterocycles. The van der Waals surface area contributed by atoms with E-state index in [0.29, 0.717) is 22.3 Å². The number of carbonyl (C=O) groups is 2. The van der Waals surface area contributed by atoms with Gasteiger partial charge in [-0.1, -0.05) is 60.1 Å². The van der Waals surface area contributed by atoms with Crippen LogP contribution in [0.2, 0.25) is 5.02 Å². The molecule has 0 saturated carbocycles. The number of benzene rings is 3. The molecule has 3 aromatic rings. The zero-order valence-electron chi connectivity index (χ0n) is 22.6. The van der Waals surface area contributed by atoms with Crippen molar-refractivity contribution in [3.05, 3.63) is 76.8 Å². The van der Waals surface area contributed by atoms with E-state index in [2.05, 4.69) is 27.8 Å². The Morgan fingerprint density at radius 2 is 1.71 bits per heavy atom. The van der Waals surface area contributed by atoms with Crippen molar-refractivity contribution in [1.82, 2.24) is 15.5 Å². The predicted molar refractivity (Wildman–Crippen MR) is 155 cm³/mol. The van der Waals surface area contributed by atoms with E-state index in [-0.39, 0.29) is 29.6 Å². The van der Waals surface area contributed by atoms with Gasteiger partial charge in [-0.05, 0) is 24.1 Å². The van der Waals surface area contributed by atoms with Gasteiger partial charge in [0.15, 0.2) is 9.84 Å². The van der Waals surface area contributed by atoms with Crippen LogP contribution < -0.4 is 10.6 Å². The standard InChI is InChI=1S/C26H29ClN4O3S.C2HF3O2/c1-31(17-13-19-8-10-20(11-9-19)26-29-15-16-30-26)25(32)12-14-28-18-35(33,34)24-7-3-4-21-22(24)5-2-6-23(21)27;3-2(4,5)1(6)7/h2-11,28H,12-18H2,1H3,(H,29,30);(H,6,7). The first-order valence-corrected chi connectivity index (χ1v) is 14.8. The highest BCUT2D eigenvalue weighted by atomic mass is 35.5. The minimum Gasteiger partial charge on any atom is -0.475 e. The quantitative estimate of drug-likeness (QED) is 0.291. The summed E-state index contributed by atoms with van der Waals surface area (Å²) in [6.45, 7) is 2.55. The van der Waals surface area contributed by atoms with Crippen LogP contribution in [-0.2, 0) is 25.8 Å². The lowest BCUT2D eigenvalue weighted by atomic mass is 10.1. The highest BCUT2D eigenvalue weighted by molar-refractivity contribution is 7.91. The van der Waals surface area contributed by atoms with Crippen molar-refractivity contribution in [3.63, 3.8) is 0 Å². The third-order valence-electron chi connectivity index (χ3n) is 6.28. The first-order chi connectivity index (χ1) is 19.8. The van der Waals surface area contributed by atoms with E-state index in [1.807, 2.05) is 12.1 Å². The summed E-state index contributed by atoms with van der Waals surface area (Å²) in [6.07, 6.45) is -4.12. The lowest BCUT2D eigenvalue weighted by Crippen LogP contribution is -2.33. The Hall–Kier alpha value is -3.68. The van der Waals surface area contributed by atoms with E-state index in [1.54, 1.807) is 48.3 Å². The van der Waals surface area contributed by atoms with Crippen LogP contribution in [0.1, 0.15) is 17.5 Å². The van der Waals surface area contributed by atoms with Crippen LogP contribution in [0.25, 0.3) is 10.8 Å². The third-order valence-corrected chi connectivity index (χ3v) is 8.22. The highest BCUT2D eigenvalue weighted by Gasteiger charge is 2.38. The number of fused-ring (bicyclic) bond motifs is 1. The number of rotatable bonds is 10. The Balaban J connectivity index is 0.000000616. The summed E-state index contributed by atoms with van der Waals surface area (Å²) >= 11 is 6.21. The van der Waals surface area contributed by atoms with Crippen molar-refractivity contribution >= 4 is 49.9 Å². The number of aliphatic imine (C=N–C) groups is 1. The fraction of sp³-hybridized carbons (Fsp3) is 0.321. The van der Waals surface area contributed by atoms with Crippen molar-refractivity contribution in [1.29, 1.82) is 0 Å². The molecule has 0 unspecified atom stereocenters. The number of likely N-dealkylation sites (N-methyl/N-ethyl adjacent to an activating group) is 1. The van der Waals surface area contributed by atoms with Gasteiger partial charge in [-0.15, -0.1) is 0 Å². The number of aliphatic carboxylic acids is 1. The Morgan fingerprint density at radius 3 is 2.33 bits per heavy atom. The Bertz CT molecular complexity index is 1550. The molecule has 0 spiro atoms. The molecule has 0 radical (unpaired) electrons. The zero-order valence-corrected chi connectivity index (χ0v) is 24.2. The fourth-order valence-electron chi connectivity index (χ4n) is 4.03. The number of hydrogen-bond donors (Lipinski definition) is 3. The number of nitrogens with zero attached hydrogens (tertiary/aromatic N) is 2. The molecule has 4 rings (SSSR count). The second-order valence-electron chi connectivity index (χ2n) is 9.32. The maximum atomic E-state index is 12.9. The van der Waals surface area contributed by atoms with E-state index in [4.69, 9.17) is 21.5 Å². The molecule has 0 aliphatic carbocycles. The first kappa shape index (κ1) is 32.8. The Kier molecular flexibility index (Phi) is 11.3. The number of carboxylic acid groups (broad SMARTS) is 1. The molecule has 1 aliphatic heterocycles. The maximum Gasteiger partial charge on any atom is 0.490 e. The lowest BCUT2D eigenvalue weighted by Gasteiger charge is -2.17. The van der Waals surface area contributed by atoms with Crippen molar-refractivity contribution in [2.24, 2.45) is 4.99 Å². The van der Waals surface area contributed by atoms with Crippen molar-refractivity contribution < 1.29 is 36.3 Å². The summed E-state index contributed by atoms with van der Waals surface area (Å²) in [5.74, 6) is -2.11. The highest BCUT2D eigenvalue weighted by Crippen LogP contribution is 2.28. The lowest BCUT2D eigenvalue weighted by molar-refractivity contribution is -0.192. The zero-order chi connectivity index (χ0) is 30.9. The van der Waals surface area contributed by atoms with E-state index in [0.717, 1.165) is 36.5 Å². The monoisotopic (exact) mass is 626 g/mol. The molecular formula is C28H30ClF3N4O5S. The van der Waals surface area contributed by atoms with Gasteiger partial charge >= 0.3 is 12.1 Å². The average molecular weight is 627 g/mol. The maximum absolute atomic E-state index is 12.9. The summed E-state index contributed by atoms with van der Waals surface area (Å²) in [7, 11) is -1.82. The molecule has 1 amide bonds. The van der Waals surface area contributed by atoms with Crippen molar-refractivity contribution in [3.8, 4) is 0 Å². The number of nitrogens with one attached hydrogen (secondary N) is 2. The number of amides is 1. The molecular weight excluding hydrogens is 597 g/mol. The number of amidine groups is 1. The predicted octanol–water partition coefficient (Wildman–Crippen LogP) is 3.89. The Morgan fingerprint density at radius 1 is 1.07 bits per heavy atom. The second-order valence-corrected chi connectivity index (χ2v) is 11.7. The number of halogens is 4. The number of carboxylic acids is 1. The molecule has 0 saturated heterocycles. The van der Waals surface area contributed by atoms with E-state index in [9.17, 15) is 26.4 Å². The molecule has 42 heavy (non-hydrogen) atoms. The number of sulfone groups is 1. The van der Waals surface area contributed by atoms with E-state index in [1.165, 1.54) is 0 Å². The van der Waals surface area contributed by atoms with Crippen molar-refractivity contribution in [2.45, 2.75) is 23.9 Å². The first-order valence-electron chi connectivity index (χ1n) is 12.8. The van der Waals surface area contributed by atoms with Gasteiger partial charge in [0.1, 0.15) is 11.7 Å². The van der Waals surface area contributed by atoms with Gasteiger partial charge < -0.3 is 20.6 Å². The van der Waals surface area contributed by atoms with Gasteiger partial charge in [0.25, 0.3) is 0 Å². The normalized spacial score (nSPS) is 13.1. The molecule has 1 heterocycles. The number of carbonyl (C=O) groups excluding carboxylic acids is 1. The minimum atomic E-state index is -5.08. The summed E-state index contributed by atoms with van der Waals surface area (Å²) in [6, 6.07) is 18.5. The van der Waals surface area contributed by atoms with Gasteiger partial charge in [0.05, 0.1) is 11.4 Å². The summed E-state index contributed by atoms with van der Waals surface area (Å²) < 4.78 is 57.5. The number of hydrogen-bond acceptors (Lipinski definition) is 7.